The van der Waals surface area contributed by atoms with Crippen LogP contribution in [0.5, 0.6) is 0 Å². The van der Waals surface area contributed by atoms with Crippen LogP contribution in [0.15, 0.2) is 63.3 Å². The van der Waals surface area contributed by atoms with E-state index in [-0.39, 0.29) is 41.7 Å². The maximum absolute atomic E-state index is 12.6. The van der Waals surface area contributed by atoms with Gasteiger partial charge in [-0.3, -0.25) is 14.5 Å². The first-order valence-electron chi connectivity index (χ1n) is 9.31. The third-order valence-electron chi connectivity index (χ3n) is 4.05. The lowest BCUT2D eigenvalue weighted by Gasteiger charge is -2.21. The molecule has 1 aliphatic rings. The summed E-state index contributed by atoms with van der Waals surface area (Å²) >= 11 is 2.68. The summed E-state index contributed by atoms with van der Waals surface area (Å²) in [5, 5.41) is 3.10. The number of carbonyl (C=O) groups excluding carboxylic acids is 3. The number of nitrogens with one attached hydrogen (secondary N) is 1. The molecule has 32 heavy (non-hydrogen) atoms. The number of halogens is 1. The van der Waals surface area contributed by atoms with Crippen LogP contribution in [0.2, 0.25) is 0 Å². The van der Waals surface area contributed by atoms with Gasteiger partial charge in [-0.15, -0.1) is 12.4 Å². The normalized spacial score (nSPS) is 14.4. The third-order valence-corrected chi connectivity index (χ3v) is 5.97. The molecule has 0 bridgehead atoms. The largest absolute Gasteiger partial charge is 0.451 e. The number of rotatable bonds is 6. The minimum absolute atomic E-state index is 0. The van der Waals surface area contributed by atoms with Gasteiger partial charge in [0.25, 0.3) is 0 Å². The molecule has 0 unspecified atom stereocenters. The Kier molecular flexibility index (Phi) is 9.58. The summed E-state index contributed by atoms with van der Waals surface area (Å²) in [6, 6.07) is 15.2. The van der Waals surface area contributed by atoms with Crippen LogP contribution in [0.3, 0.4) is 0 Å². The van der Waals surface area contributed by atoms with Crippen molar-refractivity contribution < 1.29 is 19.1 Å². The highest BCUT2D eigenvalue weighted by Gasteiger charge is 2.32. The van der Waals surface area contributed by atoms with Gasteiger partial charge in [0.05, 0.1) is 30.8 Å². The number of amides is 3. The number of ether oxygens (including phenoxy) is 1. The monoisotopic (exact) mass is 494 g/mol. The van der Waals surface area contributed by atoms with Gasteiger partial charge in [0.2, 0.25) is 11.8 Å². The van der Waals surface area contributed by atoms with Crippen molar-refractivity contribution in [1.29, 1.82) is 0 Å². The zero-order chi connectivity index (χ0) is 22.4. The second-order valence-corrected chi connectivity index (χ2v) is 8.85. The van der Waals surface area contributed by atoms with E-state index in [1.165, 1.54) is 23.8 Å². The number of amidine groups is 1. The fourth-order valence-corrected chi connectivity index (χ4v) is 4.51. The van der Waals surface area contributed by atoms with Crippen molar-refractivity contribution in [2.75, 3.05) is 43.7 Å². The fourth-order valence-electron chi connectivity index (χ4n) is 2.78. The Bertz CT molecular complexity index is 1020. The quantitative estimate of drug-likeness (QED) is 0.649. The van der Waals surface area contributed by atoms with Gasteiger partial charge in [-0.25, -0.2) is 4.79 Å². The topological polar surface area (TPSA) is 91.3 Å². The predicted octanol–water partition coefficient (Wildman–Crippen LogP) is 3.96. The van der Waals surface area contributed by atoms with Crippen molar-refractivity contribution in [2.24, 2.45) is 4.99 Å². The summed E-state index contributed by atoms with van der Waals surface area (Å²) in [6.45, 7) is 0.182. The molecule has 1 heterocycles. The van der Waals surface area contributed by atoms with Crippen molar-refractivity contribution in [1.82, 2.24) is 4.90 Å². The Morgan fingerprint density at radius 2 is 1.91 bits per heavy atom. The first-order chi connectivity index (χ1) is 14.9. The molecule has 11 heteroatoms. The summed E-state index contributed by atoms with van der Waals surface area (Å²) in [5.74, 6) is -0.320. The number of aliphatic imine (C=N–C) groups is 1. The predicted molar refractivity (Wildman–Crippen MR) is 131 cm³/mol. The fraction of sp³-hybridized carbons (Fsp3) is 0.238. The molecule has 0 aliphatic carbocycles. The highest BCUT2D eigenvalue weighted by molar-refractivity contribution is 8.15. The molecule has 0 aromatic heterocycles. The molecule has 1 fully saturated rings. The maximum Gasteiger partial charge on any atom is 0.435 e. The molecule has 1 saturated heterocycles. The minimum Gasteiger partial charge on any atom is -0.451 e. The van der Waals surface area contributed by atoms with Crippen molar-refractivity contribution in [2.45, 2.75) is 9.79 Å². The number of nitrogens with zero attached hydrogens (tertiary/aromatic N) is 3. The molecule has 0 radical (unpaired) electrons. The molecule has 170 valence electrons. The van der Waals surface area contributed by atoms with Crippen LogP contribution in [0.1, 0.15) is 0 Å². The molecule has 0 spiro atoms. The summed E-state index contributed by atoms with van der Waals surface area (Å²) in [5.41, 5.74) is 0.906. The minimum atomic E-state index is -0.795. The maximum atomic E-state index is 12.6. The van der Waals surface area contributed by atoms with Crippen LogP contribution in [0.4, 0.5) is 16.2 Å². The lowest BCUT2D eigenvalue weighted by Crippen LogP contribution is -2.32. The molecule has 2 aromatic carbocycles. The number of thioether (sulfide) groups is 1. The van der Waals surface area contributed by atoms with Crippen LogP contribution >= 0.6 is 35.9 Å². The highest BCUT2D eigenvalue weighted by atomic mass is 35.5. The second kappa shape index (κ2) is 11.9. The number of anilines is 2. The van der Waals surface area contributed by atoms with Gasteiger partial charge >= 0.3 is 6.09 Å². The Balaban J connectivity index is 0.00000363. The SMILES string of the molecule is COC(=O)N=C1SCC(=O)N1c1ccc(Sc2ccccc2)cc1NC(=O)CN(C)C.Cl. The molecular weight excluding hydrogens is 472 g/mol. The van der Waals surface area contributed by atoms with E-state index in [4.69, 9.17) is 0 Å². The molecule has 3 rings (SSSR count). The first-order valence-corrected chi connectivity index (χ1v) is 11.1. The van der Waals surface area contributed by atoms with Gasteiger partial charge in [-0.2, -0.15) is 4.99 Å². The molecule has 1 aliphatic heterocycles. The molecule has 0 saturated carbocycles. The van der Waals surface area contributed by atoms with E-state index in [0.717, 1.165) is 21.6 Å². The summed E-state index contributed by atoms with van der Waals surface area (Å²) < 4.78 is 4.60. The zero-order valence-corrected chi connectivity index (χ0v) is 20.2. The van der Waals surface area contributed by atoms with Gasteiger partial charge in [-0.1, -0.05) is 41.7 Å². The van der Waals surface area contributed by atoms with Gasteiger partial charge in [0.15, 0.2) is 5.17 Å². The molecule has 1 N–H and O–H groups in total. The van der Waals surface area contributed by atoms with Gasteiger partial charge in [0.1, 0.15) is 0 Å². The standard InChI is InChI=1S/C21H22N4O4S2.ClH/c1-24(2)12-18(26)22-16-11-15(31-14-7-5-4-6-8-14)9-10-17(16)25-19(27)13-30-20(25)23-21(28)29-3;/h4-11H,12-13H2,1-3H3,(H,22,26);1H. The van der Waals surface area contributed by atoms with Crippen molar-refractivity contribution in [3.8, 4) is 0 Å². The summed E-state index contributed by atoms with van der Waals surface area (Å²) in [6.07, 6.45) is -0.795. The smallest absolute Gasteiger partial charge is 0.435 e. The highest BCUT2D eigenvalue weighted by Crippen LogP contribution is 2.37. The van der Waals surface area contributed by atoms with Crippen LogP contribution in [-0.2, 0) is 14.3 Å². The van der Waals surface area contributed by atoms with E-state index in [9.17, 15) is 14.4 Å². The van der Waals surface area contributed by atoms with Crippen molar-refractivity contribution >= 4 is 70.4 Å². The number of likely N-dealkylation sites (N-methyl/N-ethyl adjacent to an activating group) is 1. The van der Waals surface area contributed by atoms with Crippen LogP contribution in [0, 0.1) is 0 Å². The zero-order valence-electron chi connectivity index (χ0n) is 17.7. The Hall–Kier alpha value is -2.53. The summed E-state index contributed by atoms with van der Waals surface area (Å²) in [4.78, 5) is 45.6. The van der Waals surface area contributed by atoms with E-state index < -0.39 is 6.09 Å². The van der Waals surface area contributed by atoms with E-state index in [1.54, 1.807) is 25.1 Å². The van der Waals surface area contributed by atoms with Crippen molar-refractivity contribution in [3.63, 3.8) is 0 Å². The Labute approximate surface area is 201 Å². The Morgan fingerprint density at radius 1 is 1.19 bits per heavy atom. The van der Waals surface area contributed by atoms with Crippen molar-refractivity contribution in [3.05, 3.63) is 48.5 Å². The van der Waals surface area contributed by atoms with Gasteiger partial charge < -0.3 is 15.0 Å². The first kappa shape index (κ1) is 25.7. The number of methoxy groups -OCH3 is 1. The molecule has 8 nitrogen and oxygen atoms in total. The van der Waals surface area contributed by atoms with E-state index in [2.05, 4.69) is 15.0 Å². The van der Waals surface area contributed by atoms with E-state index in [0.29, 0.717) is 11.4 Å². The van der Waals surface area contributed by atoms with Crippen LogP contribution in [-0.4, -0.2) is 61.5 Å². The lowest BCUT2D eigenvalue weighted by molar-refractivity contribution is -0.117. The second-order valence-electron chi connectivity index (χ2n) is 6.76. The van der Waals surface area contributed by atoms with Gasteiger partial charge in [-0.05, 0) is 44.4 Å². The van der Waals surface area contributed by atoms with Gasteiger partial charge in [0, 0.05) is 9.79 Å². The van der Waals surface area contributed by atoms with E-state index in [1.807, 2.05) is 42.5 Å². The average Bonchev–Trinajstić information content (AvgIpc) is 3.08. The lowest BCUT2D eigenvalue weighted by atomic mass is 10.2. The number of carbonyl (C=O) groups is 3. The van der Waals surface area contributed by atoms with Crippen LogP contribution < -0.4 is 10.2 Å². The molecule has 2 aromatic rings. The summed E-state index contributed by atoms with van der Waals surface area (Å²) in [7, 11) is 4.81. The van der Waals surface area contributed by atoms with E-state index >= 15 is 0 Å². The Morgan fingerprint density at radius 3 is 2.56 bits per heavy atom. The molecular formula is C21H23ClN4O4S2. The average molecular weight is 495 g/mol. The number of hydrogen-bond donors (Lipinski definition) is 1. The number of benzene rings is 2. The number of hydrogen-bond acceptors (Lipinski definition) is 7. The molecule has 3 amide bonds. The van der Waals surface area contributed by atoms with Crippen LogP contribution in [0.25, 0.3) is 0 Å². The molecule has 0 atom stereocenters. The third kappa shape index (κ3) is 6.73.